The number of pyridine rings is 1. The Hall–Kier alpha value is -2.59. The number of rotatable bonds is 8. The van der Waals surface area contributed by atoms with E-state index < -0.39 is 12.0 Å². The molecule has 1 aliphatic heterocycles. The van der Waals surface area contributed by atoms with E-state index in [2.05, 4.69) is 37.2 Å². The lowest BCUT2D eigenvalue weighted by Gasteiger charge is -2.46. The molecule has 1 aliphatic carbocycles. The Bertz CT molecular complexity index is 961. The first-order chi connectivity index (χ1) is 16.4. The van der Waals surface area contributed by atoms with Crippen molar-refractivity contribution in [3.63, 3.8) is 0 Å². The summed E-state index contributed by atoms with van der Waals surface area (Å²) in [5.74, 6) is -0.470. The number of carboxylic acids is 1. The second-order valence-corrected chi connectivity index (χ2v) is 10.3. The maximum absolute atomic E-state index is 12.8. The number of amides is 1. The van der Waals surface area contributed by atoms with E-state index in [1.54, 1.807) is 13.8 Å². The molecular weight excluding hydrogens is 454 g/mol. The average molecular weight is 488 g/mol. The number of piperidine rings is 1. The van der Waals surface area contributed by atoms with Crippen molar-refractivity contribution in [1.29, 1.82) is 0 Å². The number of nitrogens with one attached hydrogen (secondary N) is 2. The number of carboxylic acid groups (broad SMARTS) is 1. The van der Waals surface area contributed by atoms with Gasteiger partial charge in [0.15, 0.2) is 0 Å². The summed E-state index contributed by atoms with van der Waals surface area (Å²) in [6.45, 7) is 5.69. The molecule has 10 heteroatoms. The van der Waals surface area contributed by atoms with Crippen LogP contribution in [0.25, 0.3) is 0 Å². The Morgan fingerprint density at radius 2 is 1.88 bits per heavy atom. The van der Waals surface area contributed by atoms with Gasteiger partial charge in [-0.15, -0.1) is 0 Å². The standard InChI is InChI=1S/C24H33N5O4S/c1-16-21(17(2)33-27-16)34-28-20(23(31)32)15-26-22(30)18-3-7-24(8-4-18)9-13-29(14-10-24)19-5-11-25-12-6-19/h5-6,11-12,18,20,28H,3-4,7-10,13-15H2,1-2H3,(H,26,30)(H,31,32). The van der Waals surface area contributed by atoms with Gasteiger partial charge in [-0.1, -0.05) is 5.16 Å². The van der Waals surface area contributed by atoms with Crippen LogP contribution in [0.2, 0.25) is 0 Å². The third-order valence-corrected chi connectivity index (χ3v) is 8.51. The van der Waals surface area contributed by atoms with Gasteiger partial charge in [-0.05, 0) is 81.9 Å². The van der Waals surface area contributed by atoms with Gasteiger partial charge in [-0.3, -0.25) is 14.6 Å². The summed E-state index contributed by atoms with van der Waals surface area (Å²) in [7, 11) is 0. The molecule has 1 saturated heterocycles. The van der Waals surface area contributed by atoms with Crippen LogP contribution in [-0.2, 0) is 9.59 Å². The van der Waals surface area contributed by atoms with Gasteiger partial charge < -0.3 is 19.8 Å². The molecule has 2 aromatic heterocycles. The van der Waals surface area contributed by atoms with E-state index in [0.29, 0.717) is 16.9 Å². The number of hydrogen-bond donors (Lipinski definition) is 3. The number of aromatic nitrogens is 2. The predicted octanol–water partition coefficient (Wildman–Crippen LogP) is 3.33. The van der Waals surface area contributed by atoms with E-state index in [1.165, 1.54) is 17.6 Å². The van der Waals surface area contributed by atoms with Gasteiger partial charge in [0.05, 0.1) is 10.6 Å². The van der Waals surface area contributed by atoms with Gasteiger partial charge >= 0.3 is 5.97 Å². The fourth-order valence-electron chi connectivity index (χ4n) is 5.06. The third-order valence-electron chi connectivity index (χ3n) is 7.32. The Morgan fingerprint density at radius 1 is 1.21 bits per heavy atom. The number of hydrogen-bond acceptors (Lipinski definition) is 8. The number of aliphatic carboxylic acids is 1. The normalized spacial score (nSPS) is 19.2. The predicted molar refractivity (Wildman–Crippen MR) is 129 cm³/mol. The molecule has 3 N–H and O–H groups in total. The molecule has 34 heavy (non-hydrogen) atoms. The maximum atomic E-state index is 12.8. The third kappa shape index (κ3) is 5.72. The van der Waals surface area contributed by atoms with Crippen molar-refractivity contribution in [2.75, 3.05) is 24.5 Å². The second-order valence-electron chi connectivity index (χ2n) is 9.48. The summed E-state index contributed by atoms with van der Waals surface area (Å²) in [6, 6.07) is 3.21. The molecule has 2 aliphatic rings. The van der Waals surface area contributed by atoms with Gasteiger partial charge in [0.2, 0.25) is 5.91 Å². The summed E-state index contributed by atoms with van der Waals surface area (Å²) in [5.41, 5.74) is 2.26. The largest absolute Gasteiger partial charge is 0.480 e. The summed E-state index contributed by atoms with van der Waals surface area (Å²) in [4.78, 5) is 31.8. The van der Waals surface area contributed by atoms with Crippen molar-refractivity contribution in [3.05, 3.63) is 36.0 Å². The van der Waals surface area contributed by atoms with Crippen molar-refractivity contribution in [2.24, 2.45) is 11.3 Å². The van der Waals surface area contributed by atoms with E-state index >= 15 is 0 Å². The Labute approximate surface area is 204 Å². The first kappa shape index (κ1) is 24.5. The zero-order chi connectivity index (χ0) is 24.1. The van der Waals surface area contributed by atoms with Crippen LogP contribution in [0.1, 0.15) is 50.0 Å². The van der Waals surface area contributed by atoms with Gasteiger partial charge in [0.25, 0.3) is 0 Å². The van der Waals surface area contributed by atoms with E-state index in [4.69, 9.17) is 4.52 Å². The van der Waals surface area contributed by atoms with Crippen molar-refractivity contribution in [3.8, 4) is 0 Å². The zero-order valence-electron chi connectivity index (χ0n) is 19.7. The zero-order valence-corrected chi connectivity index (χ0v) is 20.6. The number of anilines is 1. The molecule has 1 amide bonds. The minimum Gasteiger partial charge on any atom is -0.480 e. The molecule has 1 atom stereocenters. The van der Waals surface area contributed by atoms with Crippen LogP contribution in [-0.4, -0.2) is 52.8 Å². The number of aryl methyl sites for hydroxylation is 2. The summed E-state index contributed by atoms with van der Waals surface area (Å²) < 4.78 is 8.03. The number of carbonyl (C=O) groups is 2. The fourth-order valence-corrected chi connectivity index (χ4v) is 5.87. The second kappa shape index (κ2) is 10.8. The van der Waals surface area contributed by atoms with Gasteiger partial charge in [0.1, 0.15) is 11.8 Å². The average Bonchev–Trinajstić information content (AvgIpc) is 3.17. The molecule has 0 radical (unpaired) electrons. The SMILES string of the molecule is Cc1noc(C)c1SNC(CNC(=O)C1CCC2(CC1)CCN(c1ccncc1)CC2)C(=O)O. The first-order valence-electron chi connectivity index (χ1n) is 11.9. The topological polar surface area (TPSA) is 121 Å². The molecule has 2 aromatic rings. The van der Waals surface area contributed by atoms with Crippen LogP contribution in [0.3, 0.4) is 0 Å². The highest BCUT2D eigenvalue weighted by Gasteiger charge is 2.39. The van der Waals surface area contributed by atoms with E-state index in [1.807, 2.05) is 12.4 Å². The number of nitrogens with zero attached hydrogens (tertiary/aromatic N) is 3. The van der Waals surface area contributed by atoms with Crippen molar-refractivity contribution < 1.29 is 19.2 Å². The Kier molecular flexibility index (Phi) is 7.77. The highest BCUT2D eigenvalue weighted by atomic mass is 32.2. The van der Waals surface area contributed by atoms with Crippen LogP contribution in [0.5, 0.6) is 0 Å². The van der Waals surface area contributed by atoms with E-state index in [-0.39, 0.29) is 18.4 Å². The minimum absolute atomic E-state index is 0.0348. The molecule has 9 nitrogen and oxygen atoms in total. The van der Waals surface area contributed by atoms with Crippen LogP contribution < -0.4 is 14.9 Å². The van der Waals surface area contributed by atoms with Crippen LogP contribution in [0.15, 0.2) is 33.9 Å². The Morgan fingerprint density at radius 3 is 2.47 bits per heavy atom. The Balaban J connectivity index is 1.22. The molecule has 1 spiro atoms. The highest BCUT2D eigenvalue weighted by molar-refractivity contribution is 7.97. The smallest absolute Gasteiger partial charge is 0.323 e. The summed E-state index contributed by atoms with van der Waals surface area (Å²) >= 11 is 1.17. The summed E-state index contributed by atoms with van der Waals surface area (Å²) in [5, 5.41) is 16.3. The number of carbonyl (C=O) groups excluding carboxylic acids is 1. The van der Waals surface area contributed by atoms with Crippen LogP contribution in [0, 0.1) is 25.2 Å². The molecule has 1 saturated carbocycles. The van der Waals surface area contributed by atoms with Gasteiger partial charge in [-0.2, -0.15) is 0 Å². The molecule has 1 unspecified atom stereocenters. The van der Waals surface area contributed by atoms with Crippen LogP contribution in [0.4, 0.5) is 5.69 Å². The van der Waals surface area contributed by atoms with Crippen LogP contribution >= 0.6 is 11.9 Å². The van der Waals surface area contributed by atoms with Crippen molar-refractivity contribution in [1.82, 2.24) is 20.2 Å². The monoisotopic (exact) mass is 487 g/mol. The quantitative estimate of drug-likeness (QED) is 0.481. The molecule has 0 bridgehead atoms. The van der Waals surface area contributed by atoms with Crippen molar-refractivity contribution >= 4 is 29.5 Å². The minimum atomic E-state index is -1.01. The van der Waals surface area contributed by atoms with Crippen molar-refractivity contribution in [2.45, 2.75) is 63.3 Å². The molecule has 184 valence electrons. The summed E-state index contributed by atoms with van der Waals surface area (Å²) in [6.07, 6.45) is 9.80. The van der Waals surface area contributed by atoms with E-state index in [9.17, 15) is 14.7 Å². The van der Waals surface area contributed by atoms with Gasteiger partial charge in [-0.25, -0.2) is 4.72 Å². The maximum Gasteiger partial charge on any atom is 0.323 e. The fraction of sp³-hybridized carbons (Fsp3) is 0.583. The molecular formula is C24H33N5O4S. The molecule has 3 heterocycles. The molecule has 2 fully saturated rings. The van der Waals surface area contributed by atoms with Gasteiger partial charge in [0, 0.05) is 43.6 Å². The lowest BCUT2D eigenvalue weighted by atomic mass is 9.65. The highest BCUT2D eigenvalue weighted by Crippen LogP contribution is 2.46. The van der Waals surface area contributed by atoms with E-state index in [0.717, 1.165) is 56.5 Å². The lowest BCUT2D eigenvalue weighted by Crippen LogP contribution is -2.47. The first-order valence-corrected chi connectivity index (χ1v) is 12.7. The molecule has 4 rings (SSSR count). The molecule has 0 aromatic carbocycles. The lowest BCUT2D eigenvalue weighted by molar-refractivity contribution is -0.139.